The molecule has 1 aromatic heterocycles. The van der Waals surface area contributed by atoms with Gasteiger partial charge in [-0.3, -0.25) is 0 Å². The van der Waals surface area contributed by atoms with Crippen molar-refractivity contribution in [2.24, 2.45) is 0 Å². The Balaban J connectivity index is 2.70. The highest BCUT2D eigenvalue weighted by molar-refractivity contribution is 7.92. The molecule has 3 nitrogen and oxygen atoms in total. The second-order valence-corrected chi connectivity index (χ2v) is 6.72. The highest BCUT2D eigenvalue weighted by Gasteiger charge is 2.49. The Bertz CT molecular complexity index is 821. The van der Waals surface area contributed by atoms with Crippen LogP contribution in [0.2, 0.25) is 5.02 Å². The van der Waals surface area contributed by atoms with Gasteiger partial charge >= 0.3 is 11.7 Å². The first kappa shape index (κ1) is 17.7. The highest BCUT2D eigenvalue weighted by atomic mass is 35.5. The number of rotatable bonds is 2. The predicted octanol–water partition coefficient (Wildman–Crippen LogP) is 4.65. The largest absolute Gasteiger partial charge is 0.503 e. The zero-order chi connectivity index (χ0) is 17.6. The lowest BCUT2D eigenvalue weighted by Gasteiger charge is -2.07. The number of alkyl halides is 6. The van der Waals surface area contributed by atoms with E-state index in [2.05, 4.69) is 0 Å². The first-order valence-electron chi connectivity index (χ1n) is 5.71. The predicted molar refractivity (Wildman–Crippen MR) is 69.5 cm³/mol. The van der Waals surface area contributed by atoms with Gasteiger partial charge in [-0.2, -0.15) is 26.3 Å². The molecule has 0 amide bonds. The molecule has 0 fully saturated rings. The number of hydrogen-bond donors (Lipinski definition) is 1. The van der Waals surface area contributed by atoms with Gasteiger partial charge in [0, 0.05) is 5.02 Å². The van der Waals surface area contributed by atoms with Crippen LogP contribution < -0.4 is 0 Å². The lowest BCUT2D eigenvalue weighted by Crippen LogP contribution is -2.23. The number of H-pyrrole nitrogens is 1. The Labute approximate surface area is 130 Å². The lowest BCUT2D eigenvalue weighted by molar-refractivity contribution is -0.137. The Morgan fingerprint density at radius 1 is 0.957 bits per heavy atom. The van der Waals surface area contributed by atoms with Gasteiger partial charge in [-0.1, -0.05) is 23.7 Å². The van der Waals surface area contributed by atoms with Gasteiger partial charge in [0.15, 0.2) is 0 Å². The maximum absolute atomic E-state index is 13.0. The second kappa shape index (κ2) is 5.45. The molecule has 0 unspecified atom stereocenters. The lowest BCUT2D eigenvalue weighted by atomic mass is 10.1. The van der Waals surface area contributed by atoms with Crippen LogP contribution in [0.1, 0.15) is 5.56 Å². The fourth-order valence-corrected chi connectivity index (χ4v) is 2.65. The summed E-state index contributed by atoms with van der Waals surface area (Å²) >= 11 is 5.59. The average Bonchev–Trinajstić information content (AvgIpc) is 2.83. The summed E-state index contributed by atoms with van der Waals surface area (Å²) in [5.41, 5.74) is -8.21. The molecule has 1 N–H and O–H groups in total. The Morgan fingerprint density at radius 3 is 1.91 bits per heavy atom. The van der Waals surface area contributed by atoms with E-state index >= 15 is 0 Å². The molecule has 0 aliphatic heterocycles. The molecule has 2 rings (SSSR count). The summed E-state index contributed by atoms with van der Waals surface area (Å²) in [5.74, 6) is 0. The van der Waals surface area contributed by atoms with E-state index in [0.717, 1.165) is 12.1 Å². The third-order valence-corrected chi connectivity index (χ3v) is 4.49. The molecule has 0 saturated carbocycles. The number of sulfone groups is 1. The Kier molecular flexibility index (Phi) is 4.18. The first-order valence-corrected chi connectivity index (χ1v) is 7.57. The summed E-state index contributed by atoms with van der Waals surface area (Å²) < 4.78 is 99.1. The van der Waals surface area contributed by atoms with Crippen molar-refractivity contribution in [3.8, 4) is 11.3 Å². The summed E-state index contributed by atoms with van der Waals surface area (Å²) in [5, 5.41) is -1.39. The van der Waals surface area contributed by atoms with E-state index in [0.29, 0.717) is 0 Å². The monoisotopic (exact) mass is 377 g/mol. The summed E-state index contributed by atoms with van der Waals surface area (Å²) in [7, 11) is -5.94. The average molecular weight is 378 g/mol. The van der Waals surface area contributed by atoms with Crippen molar-refractivity contribution >= 4 is 21.4 Å². The molecule has 1 heterocycles. The number of nitrogens with one attached hydrogen (secondary N) is 1. The van der Waals surface area contributed by atoms with Crippen LogP contribution in [-0.4, -0.2) is 18.9 Å². The molecular weight excluding hydrogens is 372 g/mol. The molecule has 2 aromatic rings. The van der Waals surface area contributed by atoms with Crippen LogP contribution in [0.3, 0.4) is 0 Å². The number of aromatic nitrogens is 1. The van der Waals surface area contributed by atoms with Gasteiger partial charge in [-0.05, 0) is 23.8 Å². The SMILES string of the molecule is O=S(=O)(c1cc(C(F)(F)F)c(-c2ccc(Cl)cc2)[nH]1)C(F)(F)F. The normalized spacial score (nSPS) is 13.3. The molecule has 0 aliphatic carbocycles. The van der Waals surface area contributed by atoms with Crippen molar-refractivity contribution < 1.29 is 34.8 Å². The number of aromatic amines is 1. The zero-order valence-electron chi connectivity index (χ0n) is 10.8. The fraction of sp³-hybridized carbons (Fsp3) is 0.167. The molecule has 0 radical (unpaired) electrons. The molecule has 0 bridgehead atoms. The van der Waals surface area contributed by atoms with Crippen LogP contribution in [0.5, 0.6) is 0 Å². The Hall–Kier alpha value is -1.68. The number of benzene rings is 1. The molecule has 11 heteroatoms. The molecule has 23 heavy (non-hydrogen) atoms. The first-order chi connectivity index (χ1) is 10.3. The minimum absolute atomic E-state index is 0.0766. The van der Waals surface area contributed by atoms with Crippen molar-refractivity contribution in [2.45, 2.75) is 16.7 Å². The molecule has 0 aliphatic rings. The van der Waals surface area contributed by atoms with Crippen LogP contribution in [0.15, 0.2) is 35.4 Å². The maximum Gasteiger partial charge on any atom is 0.503 e. The van der Waals surface area contributed by atoms with Gasteiger partial charge in [0.2, 0.25) is 0 Å². The van der Waals surface area contributed by atoms with Gasteiger partial charge in [-0.25, -0.2) is 8.42 Å². The van der Waals surface area contributed by atoms with Gasteiger partial charge in [0.1, 0.15) is 5.03 Å². The minimum atomic E-state index is -5.94. The molecule has 126 valence electrons. The van der Waals surface area contributed by atoms with Crippen LogP contribution >= 0.6 is 11.6 Å². The molecule has 0 spiro atoms. The van der Waals surface area contributed by atoms with Crippen LogP contribution in [0.4, 0.5) is 26.3 Å². The van der Waals surface area contributed by atoms with Crippen LogP contribution in [-0.2, 0) is 16.0 Å². The molecular formula is C12H6ClF6NO2S. The Morgan fingerprint density at radius 2 is 1.48 bits per heavy atom. The van der Waals surface area contributed by atoms with E-state index < -0.39 is 37.8 Å². The summed E-state index contributed by atoms with van der Waals surface area (Å²) in [6, 6.07) is 4.60. The maximum atomic E-state index is 13.0. The molecule has 0 saturated heterocycles. The summed E-state index contributed by atoms with van der Waals surface area (Å²) in [6.45, 7) is 0. The minimum Gasteiger partial charge on any atom is -0.345 e. The molecule has 1 aromatic carbocycles. The van der Waals surface area contributed by atoms with E-state index in [1.54, 1.807) is 4.98 Å². The van der Waals surface area contributed by atoms with Gasteiger partial charge < -0.3 is 4.98 Å². The number of hydrogen-bond acceptors (Lipinski definition) is 2. The fourth-order valence-electron chi connectivity index (χ4n) is 1.77. The quantitative estimate of drug-likeness (QED) is 0.775. The van der Waals surface area contributed by atoms with Crippen molar-refractivity contribution in [3.63, 3.8) is 0 Å². The van der Waals surface area contributed by atoms with Crippen molar-refractivity contribution in [2.75, 3.05) is 0 Å². The van der Waals surface area contributed by atoms with Crippen LogP contribution in [0.25, 0.3) is 11.3 Å². The van der Waals surface area contributed by atoms with E-state index in [1.165, 1.54) is 12.1 Å². The highest BCUT2D eigenvalue weighted by Crippen LogP contribution is 2.40. The number of halogens is 7. The molecule has 0 atom stereocenters. The zero-order valence-corrected chi connectivity index (χ0v) is 12.3. The van der Waals surface area contributed by atoms with Crippen molar-refractivity contribution in [1.82, 2.24) is 4.98 Å². The van der Waals surface area contributed by atoms with E-state index in [9.17, 15) is 34.8 Å². The third kappa shape index (κ3) is 3.32. The standard InChI is InChI=1S/C12H6ClF6NO2S/c13-7-3-1-6(2-4-7)10-8(11(14,15)16)5-9(20-10)23(21,22)12(17,18)19/h1-5,20H. The van der Waals surface area contributed by atoms with Gasteiger partial charge in [0.05, 0.1) is 11.3 Å². The van der Waals surface area contributed by atoms with Crippen molar-refractivity contribution in [3.05, 3.63) is 40.9 Å². The second-order valence-electron chi connectivity index (χ2n) is 4.38. The smallest absolute Gasteiger partial charge is 0.345 e. The van der Waals surface area contributed by atoms with E-state index in [4.69, 9.17) is 11.6 Å². The van der Waals surface area contributed by atoms with E-state index in [1.807, 2.05) is 0 Å². The van der Waals surface area contributed by atoms with E-state index in [-0.39, 0.29) is 16.7 Å². The summed E-state index contributed by atoms with van der Waals surface area (Å²) in [4.78, 5) is 1.70. The van der Waals surface area contributed by atoms with Crippen LogP contribution in [0, 0.1) is 0 Å². The van der Waals surface area contributed by atoms with Gasteiger partial charge in [-0.15, -0.1) is 0 Å². The van der Waals surface area contributed by atoms with Crippen molar-refractivity contribution in [1.29, 1.82) is 0 Å². The van der Waals surface area contributed by atoms with Gasteiger partial charge in [0.25, 0.3) is 9.84 Å². The third-order valence-electron chi connectivity index (χ3n) is 2.83. The summed E-state index contributed by atoms with van der Waals surface area (Å²) in [6.07, 6.45) is -5.05. The topological polar surface area (TPSA) is 49.9 Å².